The third-order valence-electron chi connectivity index (χ3n) is 4.02. The summed E-state index contributed by atoms with van der Waals surface area (Å²) in [5, 5.41) is 14.0. The van der Waals surface area contributed by atoms with Crippen LogP contribution in [0.3, 0.4) is 0 Å². The fraction of sp³-hybridized carbons (Fsp3) is 0.750. The monoisotopic (exact) mass is 277 g/mol. The molecule has 0 radical (unpaired) electrons. The van der Waals surface area contributed by atoms with Gasteiger partial charge >= 0.3 is 0 Å². The number of nitrogens with zero attached hydrogens (tertiary/aromatic N) is 2. The summed E-state index contributed by atoms with van der Waals surface area (Å²) >= 11 is 0. The topological polar surface area (TPSA) is 58.0 Å². The molecule has 2 rings (SSSR count). The fourth-order valence-electron chi connectivity index (χ4n) is 2.76. The molecule has 0 unspecified atom stereocenters. The van der Waals surface area contributed by atoms with Gasteiger partial charge in [-0.2, -0.15) is 0 Å². The van der Waals surface area contributed by atoms with Crippen molar-refractivity contribution in [3.8, 4) is 0 Å². The van der Waals surface area contributed by atoms with Crippen molar-refractivity contribution in [2.45, 2.75) is 70.8 Å². The first-order chi connectivity index (χ1) is 9.48. The Balaban J connectivity index is 2.02. The first-order valence-electron chi connectivity index (χ1n) is 7.80. The molecular weight excluding hydrogens is 250 g/mol. The predicted octanol–water partition coefficient (Wildman–Crippen LogP) is 3.41. The summed E-state index contributed by atoms with van der Waals surface area (Å²) in [5.41, 5.74) is 0.395. The summed E-state index contributed by atoms with van der Waals surface area (Å²) in [4.78, 5) is 8.99. The van der Waals surface area contributed by atoms with E-state index in [-0.39, 0.29) is 0 Å². The van der Waals surface area contributed by atoms with Crippen molar-refractivity contribution in [1.82, 2.24) is 9.97 Å². The average Bonchev–Trinajstić information content (AvgIpc) is 2.61. The van der Waals surface area contributed by atoms with Crippen LogP contribution in [0.25, 0.3) is 0 Å². The summed E-state index contributed by atoms with van der Waals surface area (Å²) in [6.45, 7) is 6.76. The molecule has 4 heteroatoms. The Hall–Kier alpha value is -1.16. The largest absolute Gasteiger partial charge is 0.388 e. The maximum absolute atomic E-state index is 10.7. The maximum atomic E-state index is 10.7. The van der Waals surface area contributed by atoms with Crippen LogP contribution in [0, 0.1) is 6.92 Å². The SMILES string of the molecule is Cc1cc(NCC2(O)CCCCCC2)nc(C(C)C)n1. The Bertz CT molecular complexity index is 437. The second-order valence-corrected chi connectivity index (χ2v) is 6.40. The highest BCUT2D eigenvalue weighted by molar-refractivity contribution is 5.36. The van der Waals surface area contributed by atoms with Crippen LogP contribution in [0.15, 0.2) is 6.07 Å². The van der Waals surface area contributed by atoms with Gasteiger partial charge in [0.1, 0.15) is 11.6 Å². The second kappa shape index (κ2) is 6.53. The third kappa shape index (κ3) is 4.17. The van der Waals surface area contributed by atoms with Crippen LogP contribution in [-0.2, 0) is 0 Å². The molecule has 112 valence electrons. The number of hydrogen-bond acceptors (Lipinski definition) is 4. The molecule has 1 aromatic rings. The molecule has 0 aliphatic heterocycles. The van der Waals surface area contributed by atoms with Crippen LogP contribution in [-0.4, -0.2) is 27.2 Å². The highest BCUT2D eigenvalue weighted by Crippen LogP contribution is 2.27. The van der Waals surface area contributed by atoms with E-state index in [9.17, 15) is 5.11 Å². The lowest BCUT2D eigenvalue weighted by molar-refractivity contribution is 0.0380. The number of nitrogens with one attached hydrogen (secondary N) is 1. The molecule has 1 aromatic heterocycles. The molecule has 4 nitrogen and oxygen atoms in total. The number of rotatable bonds is 4. The minimum Gasteiger partial charge on any atom is -0.388 e. The Morgan fingerprint density at radius 3 is 2.45 bits per heavy atom. The van der Waals surface area contributed by atoms with E-state index in [2.05, 4.69) is 29.1 Å². The van der Waals surface area contributed by atoms with E-state index in [1.165, 1.54) is 12.8 Å². The van der Waals surface area contributed by atoms with Gasteiger partial charge < -0.3 is 10.4 Å². The fourth-order valence-corrected chi connectivity index (χ4v) is 2.76. The van der Waals surface area contributed by atoms with E-state index in [1.54, 1.807) is 0 Å². The maximum Gasteiger partial charge on any atom is 0.133 e. The second-order valence-electron chi connectivity index (χ2n) is 6.40. The molecule has 0 atom stereocenters. The summed E-state index contributed by atoms with van der Waals surface area (Å²) < 4.78 is 0. The highest BCUT2D eigenvalue weighted by Gasteiger charge is 2.27. The zero-order valence-corrected chi connectivity index (χ0v) is 12.9. The normalized spacial score (nSPS) is 18.9. The van der Waals surface area contributed by atoms with Crippen LogP contribution < -0.4 is 5.32 Å². The van der Waals surface area contributed by atoms with Gasteiger partial charge in [-0.3, -0.25) is 0 Å². The van der Waals surface area contributed by atoms with Gasteiger partial charge in [0, 0.05) is 24.2 Å². The first-order valence-corrected chi connectivity index (χ1v) is 7.80. The van der Waals surface area contributed by atoms with Crippen molar-refractivity contribution in [2.24, 2.45) is 0 Å². The van der Waals surface area contributed by atoms with E-state index in [0.29, 0.717) is 12.5 Å². The van der Waals surface area contributed by atoms with Gasteiger partial charge in [0.25, 0.3) is 0 Å². The van der Waals surface area contributed by atoms with Crippen molar-refractivity contribution in [1.29, 1.82) is 0 Å². The van der Waals surface area contributed by atoms with E-state index >= 15 is 0 Å². The van der Waals surface area contributed by atoms with E-state index < -0.39 is 5.60 Å². The van der Waals surface area contributed by atoms with E-state index in [0.717, 1.165) is 43.0 Å². The highest BCUT2D eigenvalue weighted by atomic mass is 16.3. The molecule has 20 heavy (non-hydrogen) atoms. The quantitative estimate of drug-likeness (QED) is 0.828. The van der Waals surface area contributed by atoms with E-state index in [1.807, 2.05) is 13.0 Å². The van der Waals surface area contributed by atoms with Gasteiger partial charge in [-0.25, -0.2) is 9.97 Å². The molecular formula is C16H27N3O. The van der Waals surface area contributed by atoms with Gasteiger partial charge in [-0.1, -0.05) is 39.5 Å². The molecule has 1 aliphatic carbocycles. The summed E-state index contributed by atoms with van der Waals surface area (Å²) in [6.07, 6.45) is 6.51. The molecule has 2 N–H and O–H groups in total. The number of aryl methyl sites for hydroxylation is 1. The van der Waals surface area contributed by atoms with Gasteiger partial charge in [-0.15, -0.1) is 0 Å². The Labute approximate surface area is 122 Å². The van der Waals surface area contributed by atoms with Gasteiger partial charge in [0.05, 0.1) is 5.60 Å². The molecule has 0 spiro atoms. The van der Waals surface area contributed by atoms with Gasteiger partial charge in [-0.05, 0) is 19.8 Å². The molecule has 1 aliphatic rings. The molecule has 1 heterocycles. The lowest BCUT2D eigenvalue weighted by atomic mass is 9.94. The Kier molecular flexibility index (Phi) is 4.97. The Morgan fingerprint density at radius 2 is 1.85 bits per heavy atom. The third-order valence-corrected chi connectivity index (χ3v) is 4.02. The summed E-state index contributed by atoms with van der Waals surface area (Å²) in [7, 11) is 0. The minimum absolute atomic E-state index is 0.316. The van der Waals surface area contributed by atoms with Crippen molar-refractivity contribution >= 4 is 5.82 Å². The van der Waals surface area contributed by atoms with Crippen molar-refractivity contribution < 1.29 is 5.11 Å². The summed E-state index contributed by atoms with van der Waals surface area (Å²) in [6, 6.07) is 1.95. The molecule has 1 saturated carbocycles. The van der Waals surface area contributed by atoms with Crippen LogP contribution >= 0.6 is 0 Å². The molecule has 0 bridgehead atoms. The minimum atomic E-state index is -0.576. The average molecular weight is 277 g/mol. The lowest BCUT2D eigenvalue weighted by Crippen LogP contribution is -2.36. The molecule has 0 aromatic carbocycles. The number of aliphatic hydroxyl groups is 1. The van der Waals surface area contributed by atoms with Crippen molar-refractivity contribution in [3.05, 3.63) is 17.6 Å². The van der Waals surface area contributed by atoms with Crippen LogP contribution in [0.1, 0.15) is 69.8 Å². The molecule has 0 saturated heterocycles. The zero-order chi connectivity index (χ0) is 14.6. The molecule has 1 fully saturated rings. The van der Waals surface area contributed by atoms with Crippen molar-refractivity contribution in [3.63, 3.8) is 0 Å². The number of aromatic nitrogens is 2. The van der Waals surface area contributed by atoms with Crippen LogP contribution in [0.2, 0.25) is 0 Å². The summed E-state index contributed by atoms with van der Waals surface area (Å²) in [5.74, 6) is 2.01. The number of anilines is 1. The van der Waals surface area contributed by atoms with Gasteiger partial charge in [0.15, 0.2) is 0 Å². The Morgan fingerprint density at radius 1 is 1.20 bits per heavy atom. The van der Waals surface area contributed by atoms with Crippen LogP contribution in [0.4, 0.5) is 5.82 Å². The standard InChI is InChI=1S/C16H27N3O/c1-12(2)15-18-13(3)10-14(19-15)17-11-16(20)8-6-4-5-7-9-16/h10,12,20H,4-9,11H2,1-3H3,(H,17,18,19). The van der Waals surface area contributed by atoms with Gasteiger partial charge in [0.2, 0.25) is 0 Å². The van der Waals surface area contributed by atoms with Crippen LogP contribution in [0.5, 0.6) is 0 Å². The predicted molar refractivity (Wildman–Crippen MR) is 82.0 cm³/mol. The lowest BCUT2D eigenvalue weighted by Gasteiger charge is -2.27. The first kappa shape index (κ1) is 15.2. The molecule has 0 amide bonds. The van der Waals surface area contributed by atoms with E-state index in [4.69, 9.17) is 0 Å². The zero-order valence-electron chi connectivity index (χ0n) is 12.9. The number of hydrogen-bond donors (Lipinski definition) is 2. The smallest absolute Gasteiger partial charge is 0.133 e. The van der Waals surface area contributed by atoms with Crippen molar-refractivity contribution in [2.75, 3.05) is 11.9 Å².